The topological polar surface area (TPSA) is 0 Å². The summed E-state index contributed by atoms with van der Waals surface area (Å²) in [4.78, 5) is 1.26. The van der Waals surface area contributed by atoms with Crippen LogP contribution in [0.2, 0.25) is 0 Å². The van der Waals surface area contributed by atoms with Crippen LogP contribution in [0.1, 0.15) is 58.4 Å². The van der Waals surface area contributed by atoms with Crippen molar-refractivity contribution in [1.29, 1.82) is 0 Å². The number of benzene rings is 6. The fraction of sp³-hybridized carbons (Fsp3) is 0.143. The van der Waals surface area contributed by atoms with E-state index in [1.54, 1.807) is 11.8 Å². The zero-order valence-corrected chi connectivity index (χ0v) is 31.2. The molecule has 0 heterocycles. The molecule has 0 aliphatic rings. The third-order valence-electron chi connectivity index (χ3n) is 9.67. The number of hydrogen-bond acceptors (Lipinski definition) is 1. The molecule has 0 atom stereocenters. The summed E-state index contributed by atoms with van der Waals surface area (Å²) in [5, 5.41) is 4.87. The fourth-order valence-electron chi connectivity index (χ4n) is 6.61. The van der Waals surface area contributed by atoms with Gasteiger partial charge < -0.3 is 0 Å². The first kappa shape index (κ1) is 34.7. The molecule has 0 spiro atoms. The summed E-state index contributed by atoms with van der Waals surface area (Å²) in [5.41, 5.74) is 17.6. The Morgan fingerprint density at radius 1 is 0.580 bits per heavy atom. The van der Waals surface area contributed by atoms with E-state index in [9.17, 15) is 0 Å². The van der Waals surface area contributed by atoms with Crippen LogP contribution in [-0.4, -0.2) is 0 Å². The van der Waals surface area contributed by atoms with Gasteiger partial charge in [0.25, 0.3) is 0 Å². The monoisotopic (exact) mass is 666 g/mol. The lowest BCUT2D eigenvalue weighted by Gasteiger charge is -2.19. The second-order valence-electron chi connectivity index (χ2n) is 13.4. The van der Waals surface area contributed by atoms with E-state index in [1.807, 2.05) is 0 Å². The van der Waals surface area contributed by atoms with Crippen LogP contribution in [0.25, 0.3) is 39.1 Å². The summed E-state index contributed by atoms with van der Waals surface area (Å²) in [7, 11) is 0. The highest BCUT2D eigenvalue weighted by Gasteiger charge is 2.16. The minimum Gasteiger partial charge on any atom is -0.0975 e. The molecule has 6 aromatic carbocycles. The van der Waals surface area contributed by atoms with E-state index in [2.05, 4.69) is 199 Å². The molecule has 0 bridgehead atoms. The number of thioether (sulfide) groups is 1. The maximum absolute atomic E-state index is 2.34. The van der Waals surface area contributed by atoms with E-state index in [4.69, 9.17) is 0 Å². The fourth-order valence-corrected chi connectivity index (χ4v) is 7.49. The van der Waals surface area contributed by atoms with Gasteiger partial charge in [0.15, 0.2) is 0 Å². The minimum absolute atomic E-state index is 1.21. The van der Waals surface area contributed by atoms with Gasteiger partial charge >= 0.3 is 0 Å². The van der Waals surface area contributed by atoms with Gasteiger partial charge in [0.1, 0.15) is 0 Å². The van der Waals surface area contributed by atoms with E-state index in [0.717, 1.165) is 0 Å². The SMILES string of the molecule is CC(=C\Sc1cccc(-c2ccc3ccccc3c2)c1C)/C(=C\C=C/c1c(C)cccc1C)C(=C(\C)c1ccc(C)cc1)/c1ccc(C)cc1. The van der Waals surface area contributed by atoms with Gasteiger partial charge in [-0.3, -0.25) is 0 Å². The molecule has 1 heteroatoms. The highest BCUT2D eigenvalue weighted by atomic mass is 32.2. The Bertz CT molecular complexity index is 2250. The van der Waals surface area contributed by atoms with Gasteiger partial charge in [-0.15, -0.1) is 0 Å². The van der Waals surface area contributed by atoms with Crippen LogP contribution in [0.15, 0.2) is 161 Å². The number of aryl methyl sites for hydroxylation is 4. The molecule has 0 saturated heterocycles. The van der Waals surface area contributed by atoms with Gasteiger partial charge in [0.05, 0.1) is 0 Å². The molecule has 0 fully saturated rings. The summed E-state index contributed by atoms with van der Waals surface area (Å²) >= 11 is 1.81. The zero-order valence-electron chi connectivity index (χ0n) is 30.3. The molecule has 0 nitrogen and oxygen atoms in total. The van der Waals surface area contributed by atoms with Crippen LogP contribution in [0.5, 0.6) is 0 Å². The molecule has 6 aromatic rings. The Labute approximate surface area is 303 Å². The molecule has 0 N–H and O–H groups in total. The largest absolute Gasteiger partial charge is 0.0975 e. The van der Waals surface area contributed by atoms with Crippen molar-refractivity contribution < 1.29 is 0 Å². The first-order valence-electron chi connectivity index (χ1n) is 17.4. The smallest absolute Gasteiger partial charge is 0.0151 e. The lowest BCUT2D eigenvalue weighted by Crippen LogP contribution is -1.97. The van der Waals surface area contributed by atoms with Crippen molar-refractivity contribution in [2.75, 3.05) is 0 Å². The molecular formula is C49H46S. The van der Waals surface area contributed by atoms with E-state index in [0.29, 0.717) is 0 Å². The molecule has 0 amide bonds. The van der Waals surface area contributed by atoms with E-state index >= 15 is 0 Å². The maximum atomic E-state index is 2.34. The number of rotatable bonds is 9. The molecule has 0 unspecified atom stereocenters. The average Bonchev–Trinajstić information content (AvgIpc) is 3.12. The lowest BCUT2D eigenvalue weighted by molar-refractivity contribution is 1.31. The van der Waals surface area contributed by atoms with Gasteiger partial charge in [0.2, 0.25) is 0 Å². The van der Waals surface area contributed by atoms with Crippen molar-refractivity contribution in [2.24, 2.45) is 0 Å². The Kier molecular flexibility index (Phi) is 10.9. The predicted molar refractivity (Wildman–Crippen MR) is 222 cm³/mol. The number of allylic oxidation sites excluding steroid dienone is 6. The third-order valence-corrected chi connectivity index (χ3v) is 10.8. The summed E-state index contributed by atoms with van der Waals surface area (Å²) in [5.74, 6) is 0. The van der Waals surface area contributed by atoms with Crippen LogP contribution in [0.3, 0.4) is 0 Å². The summed E-state index contributed by atoms with van der Waals surface area (Å²) in [6, 6.07) is 46.4. The number of hydrogen-bond donors (Lipinski definition) is 0. The number of fused-ring (bicyclic) bond motifs is 1. The molecule has 0 aliphatic heterocycles. The van der Waals surface area contributed by atoms with Crippen LogP contribution < -0.4 is 0 Å². The molecule has 0 aliphatic carbocycles. The third kappa shape index (κ3) is 7.85. The van der Waals surface area contributed by atoms with Gasteiger partial charge in [-0.2, -0.15) is 0 Å². The average molecular weight is 667 g/mol. The van der Waals surface area contributed by atoms with Crippen molar-refractivity contribution in [2.45, 2.75) is 53.4 Å². The Hall–Kier alpha value is -5.11. The standard InChI is InChI=1S/C49H46S/c1-33-21-25-40(26-22-33)38(6)49(42-27-23-34(2)24-28-42)46(18-11-17-45-35(3)13-10-14-36(45)4)37(5)32-50-48-20-12-19-47(39(48)7)44-30-29-41-15-8-9-16-43(41)31-44/h8-32H,1-7H3/b17-11-,37-32+,46-18+,49-38+. The van der Waals surface area contributed by atoms with Crippen LogP contribution in [0.4, 0.5) is 0 Å². The second kappa shape index (κ2) is 15.6. The molecule has 50 heavy (non-hydrogen) atoms. The Morgan fingerprint density at radius 2 is 1.20 bits per heavy atom. The van der Waals surface area contributed by atoms with Crippen LogP contribution in [-0.2, 0) is 0 Å². The predicted octanol–water partition coefficient (Wildman–Crippen LogP) is 14.3. The summed E-state index contributed by atoms with van der Waals surface area (Å²) in [6.45, 7) is 15.4. The minimum atomic E-state index is 1.21. The summed E-state index contributed by atoms with van der Waals surface area (Å²) in [6.07, 6.45) is 6.80. The van der Waals surface area contributed by atoms with Crippen molar-refractivity contribution in [1.82, 2.24) is 0 Å². The molecule has 6 rings (SSSR count). The van der Waals surface area contributed by atoms with Gasteiger partial charge in [-0.1, -0.05) is 156 Å². The van der Waals surface area contributed by atoms with Gasteiger partial charge in [-0.05, 0) is 144 Å². The molecule has 0 radical (unpaired) electrons. The Balaban J connectivity index is 1.46. The molecular weight excluding hydrogens is 621 g/mol. The van der Waals surface area contributed by atoms with E-state index in [-0.39, 0.29) is 0 Å². The molecule has 248 valence electrons. The first-order chi connectivity index (χ1) is 24.2. The van der Waals surface area contributed by atoms with Crippen LogP contribution in [0, 0.1) is 34.6 Å². The van der Waals surface area contributed by atoms with E-state index < -0.39 is 0 Å². The van der Waals surface area contributed by atoms with Gasteiger partial charge in [-0.25, -0.2) is 0 Å². The van der Waals surface area contributed by atoms with Crippen molar-refractivity contribution in [3.8, 4) is 11.1 Å². The van der Waals surface area contributed by atoms with Crippen molar-refractivity contribution in [3.63, 3.8) is 0 Å². The van der Waals surface area contributed by atoms with Crippen LogP contribution >= 0.6 is 11.8 Å². The molecule has 0 saturated carbocycles. The highest BCUT2D eigenvalue weighted by Crippen LogP contribution is 2.39. The van der Waals surface area contributed by atoms with Crippen molar-refractivity contribution in [3.05, 3.63) is 201 Å². The normalized spacial score (nSPS) is 12.9. The summed E-state index contributed by atoms with van der Waals surface area (Å²) < 4.78 is 0. The zero-order chi connectivity index (χ0) is 35.2. The van der Waals surface area contributed by atoms with E-state index in [1.165, 1.54) is 93.6 Å². The highest BCUT2D eigenvalue weighted by molar-refractivity contribution is 8.02. The second-order valence-corrected chi connectivity index (χ2v) is 14.3. The lowest BCUT2D eigenvalue weighted by atomic mass is 9.86. The molecule has 0 aromatic heterocycles. The van der Waals surface area contributed by atoms with Gasteiger partial charge in [0, 0.05) is 4.90 Å². The first-order valence-corrected chi connectivity index (χ1v) is 18.3. The Morgan fingerprint density at radius 3 is 1.88 bits per heavy atom. The van der Waals surface area contributed by atoms with Crippen molar-refractivity contribution >= 4 is 39.8 Å². The maximum Gasteiger partial charge on any atom is 0.0151 e. The quantitative estimate of drug-likeness (QED) is 0.0841.